The second-order valence-corrected chi connectivity index (χ2v) is 4.08. The van der Waals surface area contributed by atoms with Crippen molar-refractivity contribution in [2.75, 3.05) is 0 Å². The molecule has 24 heavy (non-hydrogen) atoms. The molecule has 1 aromatic heterocycles. The van der Waals surface area contributed by atoms with E-state index in [4.69, 9.17) is 10.2 Å². The summed E-state index contributed by atoms with van der Waals surface area (Å²) in [6.45, 7) is 0. The third kappa shape index (κ3) is 4.21. The lowest BCUT2D eigenvalue weighted by Crippen LogP contribution is -2.62. The lowest BCUT2D eigenvalue weighted by molar-refractivity contribution is -0.145. The summed E-state index contributed by atoms with van der Waals surface area (Å²) >= 11 is 0. The van der Waals surface area contributed by atoms with Gasteiger partial charge in [-0.3, -0.25) is 24.9 Å². The van der Waals surface area contributed by atoms with E-state index in [9.17, 15) is 37.5 Å². The number of urea groups is 1. The molecular formula is C10H8F2N4O8. The second-order valence-electron chi connectivity index (χ2n) is 4.08. The Balaban J connectivity index is 0.000000240. The molecule has 12 nitrogen and oxygen atoms in total. The molecule has 130 valence electrons. The Bertz CT molecular complexity index is 816. The number of carbonyl (C=O) groups is 4. The zero-order valence-electron chi connectivity index (χ0n) is 11.3. The van der Waals surface area contributed by atoms with E-state index >= 15 is 0 Å². The number of amides is 3. The molecule has 1 aliphatic heterocycles. The van der Waals surface area contributed by atoms with Crippen LogP contribution in [0.4, 0.5) is 13.6 Å². The summed E-state index contributed by atoms with van der Waals surface area (Å²) in [6.07, 6.45) is -2.24. The molecule has 0 saturated carbocycles. The fraction of sp³-hybridized carbons (Fsp3) is 0.200. The summed E-state index contributed by atoms with van der Waals surface area (Å²) in [5.74, 6) is -6.02. The predicted octanol–water partition coefficient (Wildman–Crippen LogP) is -2.48. The number of H-pyrrole nitrogens is 2. The summed E-state index contributed by atoms with van der Waals surface area (Å²) in [7, 11) is 0. The number of nitrogens with one attached hydrogen (secondary N) is 4. The molecule has 0 bridgehead atoms. The van der Waals surface area contributed by atoms with Crippen LogP contribution in [0.5, 0.6) is 0 Å². The Morgan fingerprint density at radius 3 is 2.12 bits per heavy atom. The highest BCUT2D eigenvalue weighted by atomic mass is 19.1. The van der Waals surface area contributed by atoms with Crippen molar-refractivity contribution in [2.24, 2.45) is 0 Å². The lowest BCUT2D eigenvalue weighted by atomic mass is 10.1. The van der Waals surface area contributed by atoms with Gasteiger partial charge < -0.3 is 15.5 Å². The third-order valence-corrected chi connectivity index (χ3v) is 2.43. The third-order valence-electron chi connectivity index (χ3n) is 2.43. The van der Waals surface area contributed by atoms with Gasteiger partial charge in [-0.25, -0.2) is 23.6 Å². The Labute approximate surface area is 128 Å². The van der Waals surface area contributed by atoms with Crippen LogP contribution >= 0.6 is 0 Å². The molecule has 6 N–H and O–H groups in total. The molecular weight excluding hydrogens is 342 g/mol. The number of alkyl halides is 1. The van der Waals surface area contributed by atoms with Crippen molar-refractivity contribution in [1.29, 1.82) is 0 Å². The molecule has 1 aromatic rings. The van der Waals surface area contributed by atoms with Gasteiger partial charge >= 0.3 is 23.7 Å². The number of hydrogen-bond acceptors (Lipinski definition) is 6. The van der Waals surface area contributed by atoms with E-state index in [1.54, 1.807) is 15.6 Å². The van der Waals surface area contributed by atoms with Crippen LogP contribution in [0.1, 0.15) is 10.5 Å². The summed E-state index contributed by atoms with van der Waals surface area (Å²) in [4.78, 5) is 65.4. The van der Waals surface area contributed by atoms with E-state index in [0.717, 1.165) is 0 Å². The first-order chi connectivity index (χ1) is 11.0. The molecule has 0 spiro atoms. The minimum Gasteiger partial charge on any atom is -0.480 e. The minimum atomic E-state index is -2.24. The van der Waals surface area contributed by atoms with Crippen LogP contribution < -0.4 is 21.9 Å². The summed E-state index contributed by atoms with van der Waals surface area (Å²) in [6, 6.07) is -2.78. The van der Waals surface area contributed by atoms with Gasteiger partial charge in [0.1, 0.15) is 0 Å². The second kappa shape index (κ2) is 7.12. The summed E-state index contributed by atoms with van der Waals surface area (Å²) in [5.41, 5.74) is -3.45. The molecule has 1 fully saturated rings. The molecule has 2 heterocycles. The van der Waals surface area contributed by atoms with Crippen LogP contribution in [-0.4, -0.2) is 56.3 Å². The van der Waals surface area contributed by atoms with Crippen molar-refractivity contribution in [3.8, 4) is 0 Å². The van der Waals surface area contributed by atoms with Crippen molar-refractivity contribution in [3.05, 3.63) is 32.3 Å². The van der Waals surface area contributed by atoms with Gasteiger partial charge in [0.15, 0.2) is 11.7 Å². The highest BCUT2D eigenvalue weighted by Crippen LogP contribution is 2.04. The van der Waals surface area contributed by atoms with Gasteiger partial charge in [-0.05, 0) is 0 Å². The Morgan fingerprint density at radius 1 is 1.04 bits per heavy atom. The SMILES string of the molecule is O=C(O)c1[nH]c(=O)[nH]c(=O)c1F.O=C1NC(=O)[C@H](F)[C@@H](C(=O)O)N1. The number of rotatable bonds is 2. The highest BCUT2D eigenvalue weighted by molar-refractivity contribution is 6.03. The minimum absolute atomic E-state index is 0.999. The maximum atomic E-state index is 12.7. The van der Waals surface area contributed by atoms with E-state index < -0.39 is 58.9 Å². The molecule has 0 aliphatic carbocycles. The number of aromatic nitrogens is 2. The monoisotopic (exact) mass is 350 g/mol. The van der Waals surface area contributed by atoms with Crippen LogP contribution in [0.2, 0.25) is 0 Å². The van der Waals surface area contributed by atoms with E-state index in [1.807, 2.05) is 0 Å². The predicted molar refractivity (Wildman–Crippen MR) is 67.6 cm³/mol. The normalized spacial score (nSPS) is 19.4. The van der Waals surface area contributed by atoms with Gasteiger partial charge in [0.05, 0.1) is 0 Å². The van der Waals surface area contributed by atoms with Gasteiger partial charge in [-0.15, -0.1) is 0 Å². The molecule has 2 rings (SSSR count). The van der Waals surface area contributed by atoms with Gasteiger partial charge in [0, 0.05) is 0 Å². The van der Waals surface area contributed by atoms with Crippen LogP contribution in [0, 0.1) is 5.82 Å². The van der Waals surface area contributed by atoms with Crippen LogP contribution in [-0.2, 0) is 9.59 Å². The molecule has 2 atom stereocenters. The highest BCUT2D eigenvalue weighted by Gasteiger charge is 2.40. The Morgan fingerprint density at radius 2 is 1.62 bits per heavy atom. The van der Waals surface area contributed by atoms with Gasteiger partial charge in [-0.2, -0.15) is 4.39 Å². The number of aromatic carboxylic acids is 1. The van der Waals surface area contributed by atoms with Crippen molar-refractivity contribution in [2.45, 2.75) is 12.2 Å². The largest absolute Gasteiger partial charge is 0.480 e. The van der Waals surface area contributed by atoms with E-state index in [2.05, 4.69) is 0 Å². The lowest BCUT2D eigenvalue weighted by Gasteiger charge is -2.22. The van der Waals surface area contributed by atoms with Crippen LogP contribution in [0.3, 0.4) is 0 Å². The van der Waals surface area contributed by atoms with Gasteiger partial charge in [0.2, 0.25) is 12.0 Å². The molecule has 3 amide bonds. The van der Waals surface area contributed by atoms with E-state index in [-0.39, 0.29) is 0 Å². The maximum absolute atomic E-state index is 12.7. The first kappa shape index (κ1) is 18.5. The van der Waals surface area contributed by atoms with Crippen molar-refractivity contribution in [1.82, 2.24) is 20.6 Å². The molecule has 0 unspecified atom stereocenters. The fourth-order valence-corrected chi connectivity index (χ4v) is 1.39. The number of halogens is 2. The topological polar surface area (TPSA) is 199 Å². The number of carboxylic acids is 2. The van der Waals surface area contributed by atoms with Crippen LogP contribution in [0.15, 0.2) is 9.59 Å². The Kier molecular flexibility index (Phi) is 5.48. The summed E-state index contributed by atoms with van der Waals surface area (Å²) in [5, 5.41) is 19.9. The molecule has 0 radical (unpaired) electrons. The molecule has 1 saturated heterocycles. The van der Waals surface area contributed by atoms with Crippen molar-refractivity contribution < 1.29 is 38.2 Å². The van der Waals surface area contributed by atoms with Crippen molar-refractivity contribution >= 4 is 23.9 Å². The number of imide groups is 1. The van der Waals surface area contributed by atoms with Crippen molar-refractivity contribution in [3.63, 3.8) is 0 Å². The number of aromatic amines is 2. The van der Waals surface area contributed by atoms with Gasteiger partial charge in [0.25, 0.3) is 11.5 Å². The number of hydrogen-bond donors (Lipinski definition) is 6. The maximum Gasteiger partial charge on any atom is 0.355 e. The zero-order valence-corrected chi connectivity index (χ0v) is 11.3. The molecule has 14 heteroatoms. The summed E-state index contributed by atoms with van der Waals surface area (Å²) < 4.78 is 25.2. The number of aliphatic carboxylic acids is 1. The Hall–Kier alpha value is -3.58. The average Bonchev–Trinajstić information content (AvgIpc) is 2.46. The molecule has 0 aromatic carbocycles. The first-order valence-electron chi connectivity index (χ1n) is 5.78. The first-order valence-corrected chi connectivity index (χ1v) is 5.78. The number of carbonyl (C=O) groups excluding carboxylic acids is 2. The number of carboxylic acid groups (broad SMARTS) is 2. The molecule has 1 aliphatic rings. The van der Waals surface area contributed by atoms with E-state index in [1.165, 1.54) is 4.98 Å². The van der Waals surface area contributed by atoms with E-state index in [0.29, 0.717) is 0 Å². The smallest absolute Gasteiger partial charge is 0.355 e. The van der Waals surface area contributed by atoms with Crippen LogP contribution in [0.25, 0.3) is 0 Å². The fourth-order valence-electron chi connectivity index (χ4n) is 1.39. The quantitative estimate of drug-likeness (QED) is 0.336. The standard InChI is InChI=1S/C5H5FN2O4.C5H3FN2O4/c2*6-1-2(4(10)11)7-5(12)8-3(1)9/h1-2H,(H,10,11)(H2,7,8,9,12);(H,10,11)(H2,7,8,9,12)/t1-,2+;/m1./s1. The zero-order chi connectivity index (χ0) is 18.6. The van der Waals surface area contributed by atoms with Gasteiger partial charge in [-0.1, -0.05) is 0 Å². The average molecular weight is 350 g/mol.